The second-order valence-corrected chi connectivity index (χ2v) is 5.46. The van der Waals surface area contributed by atoms with Crippen LogP contribution in [0.3, 0.4) is 0 Å². The van der Waals surface area contributed by atoms with Gasteiger partial charge >= 0.3 is 0 Å². The third kappa shape index (κ3) is 3.77. The van der Waals surface area contributed by atoms with E-state index in [2.05, 4.69) is 60.6 Å². The Bertz CT molecular complexity index is 745. The first-order valence-electron chi connectivity index (χ1n) is 8.00. The van der Waals surface area contributed by atoms with Crippen molar-refractivity contribution in [3.8, 4) is 11.4 Å². The minimum atomic E-state index is 0.415. The Kier molecular flexibility index (Phi) is 4.71. The first-order chi connectivity index (χ1) is 11.3. The molecule has 0 fully saturated rings. The molecule has 0 aliphatic carbocycles. The predicted octanol–water partition coefficient (Wildman–Crippen LogP) is 3.97. The van der Waals surface area contributed by atoms with E-state index in [1.54, 1.807) is 4.68 Å². The largest absolute Gasteiger partial charge is 0.487 e. The van der Waals surface area contributed by atoms with Crippen LogP contribution in [-0.4, -0.2) is 15.0 Å². The van der Waals surface area contributed by atoms with Gasteiger partial charge in [-0.2, -0.15) is 0 Å². The van der Waals surface area contributed by atoms with Gasteiger partial charge < -0.3 is 4.74 Å². The molecule has 0 saturated carbocycles. The fourth-order valence-corrected chi connectivity index (χ4v) is 2.35. The number of hydrogen-bond donors (Lipinski definition) is 0. The van der Waals surface area contributed by atoms with E-state index >= 15 is 0 Å². The number of aryl methyl sites for hydroxylation is 2. The number of nitrogens with zero attached hydrogens (tertiary/aromatic N) is 3. The van der Waals surface area contributed by atoms with Gasteiger partial charge in [-0.1, -0.05) is 43.3 Å². The number of ether oxygens (including phenoxy) is 1. The summed E-state index contributed by atoms with van der Waals surface area (Å²) in [7, 11) is 0. The van der Waals surface area contributed by atoms with Crippen molar-refractivity contribution in [3.05, 3.63) is 71.5 Å². The maximum Gasteiger partial charge on any atom is 0.134 e. The summed E-state index contributed by atoms with van der Waals surface area (Å²) < 4.78 is 7.54. The lowest BCUT2D eigenvalue weighted by atomic mass is 10.1. The van der Waals surface area contributed by atoms with Gasteiger partial charge in [0.05, 0.1) is 11.9 Å². The minimum absolute atomic E-state index is 0.415. The van der Waals surface area contributed by atoms with Crippen molar-refractivity contribution in [2.24, 2.45) is 0 Å². The molecular formula is C19H21N3O. The lowest BCUT2D eigenvalue weighted by molar-refractivity contribution is 0.301. The van der Waals surface area contributed by atoms with Gasteiger partial charge in [-0.15, -0.1) is 5.10 Å². The summed E-state index contributed by atoms with van der Waals surface area (Å²) in [4.78, 5) is 0. The Labute approximate surface area is 136 Å². The third-order valence-electron chi connectivity index (χ3n) is 3.87. The highest BCUT2D eigenvalue weighted by Gasteiger charge is 2.04. The molecule has 2 aromatic carbocycles. The predicted molar refractivity (Wildman–Crippen MR) is 90.9 cm³/mol. The van der Waals surface area contributed by atoms with Crippen LogP contribution >= 0.6 is 0 Å². The second-order valence-electron chi connectivity index (χ2n) is 5.46. The average molecular weight is 307 g/mol. The zero-order valence-electron chi connectivity index (χ0n) is 13.6. The van der Waals surface area contributed by atoms with Crippen LogP contribution in [0, 0.1) is 0 Å². The Hall–Kier alpha value is -2.62. The molecule has 3 aromatic rings. The highest BCUT2D eigenvalue weighted by molar-refractivity contribution is 5.34. The Morgan fingerprint density at radius 1 is 0.870 bits per heavy atom. The number of rotatable bonds is 6. The second kappa shape index (κ2) is 7.09. The first kappa shape index (κ1) is 15.3. The van der Waals surface area contributed by atoms with Crippen molar-refractivity contribution in [1.82, 2.24) is 15.0 Å². The van der Waals surface area contributed by atoms with Gasteiger partial charge in [0.15, 0.2) is 0 Å². The van der Waals surface area contributed by atoms with Gasteiger partial charge in [0.1, 0.15) is 18.1 Å². The van der Waals surface area contributed by atoms with E-state index in [0.717, 1.165) is 30.0 Å². The summed E-state index contributed by atoms with van der Waals surface area (Å²) >= 11 is 0. The highest BCUT2D eigenvalue weighted by atomic mass is 16.5. The van der Waals surface area contributed by atoms with Crippen LogP contribution in [0.15, 0.2) is 54.7 Å². The van der Waals surface area contributed by atoms with Crippen LogP contribution in [0.25, 0.3) is 5.69 Å². The van der Waals surface area contributed by atoms with E-state index in [9.17, 15) is 0 Å². The van der Waals surface area contributed by atoms with Crippen molar-refractivity contribution in [3.63, 3.8) is 0 Å². The molecule has 0 N–H and O–H groups in total. The van der Waals surface area contributed by atoms with E-state index in [1.165, 1.54) is 11.1 Å². The van der Waals surface area contributed by atoms with Crippen LogP contribution in [0.4, 0.5) is 0 Å². The van der Waals surface area contributed by atoms with E-state index in [4.69, 9.17) is 4.74 Å². The van der Waals surface area contributed by atoms with Crippen LogP contribution in [0.2, 0.25) is 0 Å². The van der Waals surface area contributed by atoms with E-state index in [1.807, 2.05) is 18.3 Å². The van der Waals surface area contributed by atoms with E-state index in [-0.39, 0.29) is 0 Å². The fraction of sp³-hybridized carbons (Fsp3) is 0.263. The molecule has 0 spiro atoms. The van der Waals surface area contributed by atoms with Crippen molar-refractivity contribution in [2.45, 2.75) is 33.3 Å². The Morgan fingerprint density at radius 2 is 1.48 bits per heavy atom. The van der Waals surface area contributed by atoms with Crippen molar-refractivity contribution in [1.29, 1.82) is 0 Å². The molecule has 0 aliphatic rings. The van der Waals surface area contributed by atoms with Gasteiger partial charge in [0, 0.05) is 0 Å². The molecule has 4 nitrogen and oxygen atoms in total. The average Bonchev–Trinajstić information content (AvgIpc) is 3.09. The Balaban J connectivity index is 1.64. The highest BCUT2D eigenvalue weighted by Crippen LogP contribution is 2.15. The van der Waals surface area contributed by atoms with Gasteiger partial charge in [-0.05, 0) is 48.2 Å². The van der Waals surface area contributed by atoms with Gasteiger partial charge in [-0.3, -0.25) is 0 Å². The van der Waals surface area contributed by atoms with Crippen LogP contribution in [0.1, 0.15) is 30.7 Å². The minimum Gasteiger partial charge on any atom is -0.487 e. The molecule has 3 rings (SSSR count). The topological polar surface area (TPSA) is 39.9 Å². The lowest BCUT2D eigenvalue weighted by Gasteiger charge is -2.04. The summed E-state index contributed by atoms with van der Waals surface area (Å²) in [6, 6.07) is 16.5. The maximum atomic E-state index is 5.76. The molecule has 0 amide bonds. The SMILES string of the molecule is CCc1ccc(OCc2cn(-c3ccc(CC)cc3)nn2)cc1. The van der Waals surface area contributed by atoms with Gasteiger partial charge in [0.2, 0.25) is 0 Å². The molecular weight excluding hydrogens is 286 g/mol. The molecule has 0 saturated heterocycles. The quantitative estimate of drug-likeness (QED) is 0.692. The molecule has 0 unspecified atom stereocenters. The molecule has 1 heterocycles. The standard InChI is InChI=1S/C19H21N3O/c1-3-15-5-9-18(10-6-15)22-13-17(20-21-22)14-23-19-11-7-16(4-2)8-12-19/h5-13H,3-4,14H2,1-2H3. The Morgan fingerprint density at radius 3 is 2.09 bits per heavy atom. The number of benzene rings is 2. The molecule has 23 heavy (non-hydrogen) atoms. The van der Waals surface area contributed by atoms with E-state index < -0.39 is 0 Å². The van der Waals surface area contributed by atoms with Crippen molar-refractivity contribution >= 4 is 0 Å². The molecule has 118 valence electrons. The summed E-state index contributed by atoms with van der Waals surface area (Å²) in [5, 5.41) is 8.34. The summed E-state index contributed by atoms with van der Waals surface area (Å²) in [6.07, 6.45) is 3.97. The van der Waals surface area contributed by atoms with Gasteiger partial charge in [0.25, 0.3) is 0 Å². The molecule has 0 atom stereocenters. The molecule has 0 aliphatic heterocycles. The number of aromatic nitrogens is 3. The summed E-state index contributed by atoms with van der Waals surface area (Å²) in [6.45, 7) is 4.70. The third-order valence-corrected chi connectivity index (χ3v) is 3.87. The van der Waals surface area contributed by atoms with Gasteiger partial charge in [-0.25, -0.2) is 4.68 Å². The summed E-state index contributed by atoms with van der Waals surface area (Å²) in [5.41, 5.74) is 4.43. The van der Waals surface area contributed by atoms with Crippen LogP contribution in [-0.2, 0) is 19.4 Å². The normalized spacial score (nSPS) is 10.7. The van der Waals surface area contributed by atoms with Crippen LogP contribution < -0.4 is 4.74 Å². The lowest BCUT2D eigenvalue weighted by Crippen LogP contribution is -1.96. The fourth-order valence-electron chi connectivity index (χ4n) is 2.35. The molecule has 4 heteroatoms. The number of hydrogen-bond acceptors (Lipinski definition) is 3. The maximum absolute atomic E-state index is 5.76. The monoisotopic (exact) mass is 307 g/mol. The van der Waals surface area contributed by atoms with Crippen molar-refractivity contribution in [2.75, 3.05) is 0 Å². The first-order valence-corrected chi connectivity index (χ1v) is 8.00. The van der Waals surface area contributed by atoms with Crippen molar-refractivity contribution < 1.29 is 4.74 Å². The van der Waals surface area contributed by atoms with E-state index in [0.29, 0.717) is 6.61 Å². The molecule has 0 radical (unpaired) electrons. The molecule has 1 aromatic heterocycles. The molecule has 0 bridgehead atoms. The summed E-state index contributed by atoms with van der Waals surface area (Å²) in [5.74, 6) is 0.851. The smallest absolute Gasteiger partial charge is 0.134 e. The zero-order chi connectivity index (χ0) is 16.1. The zero-order valence-corrected chi connectivity index (χ0v) is 13.6. The van der Waals surface area contributed by atoms with Crippen LogP contribution in [0.5, 0.6) is 5.75 Å².